The van der Waals surface area contributed by atoms with Gasteiger partial charge in [-0.2, -0.15) is 0 Å². The van der Waals surface area contributed by atoms with E-state index >= 15 is 0 Å². The Kier molecular flexibility index (Phi) is 4.40. The maximum Gasteiger partial charge on any atom is 0.329 e. The topological polar surface area (TPSA) is 113 Å². The van der Waals surface area contributed by atoms with Crippen molar-refractivity contribution in [2.75, 3.05) is 0 Å². The van der Waals surface area contributed by atoms with Crippen LogP contribution in [0.15, 0.2) is 48.2 Å². The molecule has 2 aromatic carbocycles. The van der Waals surface area contributed by atoms with Crippen molar-refractivity contribution in [3.63, 3.8) is 0 Å². The Morgan fingerprint density at radius 2 is 1.88 bits per heavy atom. The Hall–Kier alpha value is -3.68. The number of phenolic OH excluding ortho intramolecular Hbond substituents is 1. The van der Waals surface area contributed by atoms with Crippen LogP contribution in [-0.4, -0.2) is 26.9 Å². The molecule has 0 unspecified atom stereocenters. The summed E-state index contributed by atoms with van der Waals surface area (Å²) in [6, 6.07) is 10.8. The van der Waals surface area contributed by atoms with Gasteiger partial charge in [0.05, 0.1) is 11.5 Å². The van der Waals surface area contributed by atoms with Gasteiger partial charge in [0.25, 0.3) is 5.91 Å². The number of benzene rings is 2. The van der Waals surface area contributed by atoms with Crippen molar-refractivity contribution >= 4 is 23.7 Å². The Morgan fingerprint density at radius 3 is 2.54 bits per heavy atom. The van der Waals surface area contributed by atoms with E-state index in [0.717, 1.165) is 22.1 Å². The molecule has 0 aliphatic carbocycles. The molecule has 1 heterocycles. The molecule has 0 saturated carbocycles. The molecular weight excluding hydrogens is 338 g/mol. The highest BCUT2D eigenvalue weighted by Crippen LogP contribution is 2.31. The molecule has 1 aliphatic rings. The van der Waals surface area contributed by atoms with E-state index in [9.17, 15) is 24.8 Å². The minimum atomic E-state index is -0.726. The number of hydrogen-bond donors (Lipinski definition) is 2. The number of hydrogen-bond acceptors (Lipinski definition) is 5. The van der Waals surface area contributed by atoms with Gasteiger partial charge in [-0.05, 0) is 18.6 Å². The molecule has 132 valence electrons. The van der Waals surface area contributed by atoms with E-state index in [4.69, 9.17) is 0 Å². The summed E-state index contributed by atoms with van der Waals surface area (Å²) >= 11 is 0. The highest BCUT2D eigenvalue weighted by atomic mass is 16.6. The molecule has 2 aromatic rings. The van der Waals surface area contributed by atoms with Gasteiger partial charge in [-0.25, -0.2) is 4.79 Å². The number of nitrogens with one attached hydrogen (secondary N) is 1. The van der Waals surface area contributed by atoms with E-state index in [1.807, 2.05) is 31.2 Å². The molecule has 0 aromatic heterocycles. The quantitative estimate of drug-likeness (QED) is 0.380. The fourth-order valence-corrected chi connectivity index (χ4v) is 2.56. The van der Waals surface area contributed by atoms with Gasteiger partial charge < -0.3 is 10.4 Å². The Balaban J connectivity index is 1.87. The van der Waals surface area contributed by atoms with Crippen LogP contribution >= 0.6 is 0 Å². The normalized spacial score (nSPS) is 15.4. The molecule has 0 radical (unpaired) electrons. The van der Waals surface area contributed by atoms with Crippen molar-refractivity contribution in [3.05, 3.63) is 75.0 Å². The smallest absolute Gasteiger partial charge is 0.329 e. The van der Waals surface area contributed by atoms with E-state index in [0.29, 0.717) is 0 Å². The molecule has 0 atom stereocenters. The van der Waals surface area contributed by atoms with Gasteiger partial charge in [0.2, 0.25) is 5.75 Å². The summed E-state index contributed by atoms with van der Waals surface area (Å²) in [7, 11) is 0. The minimum Gasteiger partial charge on any atom is -0.502 e. The Labute approximate surface area is 148 Å². The fourth-order valence-electron chi connectivity index (χ4n) is 2.56. The lowest BCUT2D eigenvalue weighted by Gasteiger charge is -2.11. The number of urea groups is 1. The van der Waals surface area contributed by atoms with Crippen LogP contribution in [0.5, 0.6) is 5.75 Å². The number of rotatable bonds is 4. The summed E-state index contributed by atoms with van der Waals surface area (Å²) < 4.78 is 0. The average Bonchev–Trinajstić information content (AvgIpc) is 2.86. The summed E-state index contributed by atoms with van der Waals surface area (Å²) in [6.45, 7) is 2.03. The first-order valence-corrected chi connectivity index (χ1v) is 7.73. The van der Waals surface area contributed by atoms with Crippen LogP contribution in [0.2, 0.25) is 0 Å². The molecule has 1 fully saturated rings. The van der Waals surface area contributed by atoms with Crippen LogP contribution in [-0.2, 0) is 11.3 Å². The number of amides is 3. The van der Waals surface area contributed by atoms with Gasteiger partial charge >= 0.3 is 11.7 Å². The van der Waals surface area contributed by atoms with E-state index in [-0.39, 0.29) is 17.8 Å². The number of carbonyl (C=O) groups excluding carboxylic acids is 2. The van der Waals surface area contributed by atoms with Crippen LogP contribution in [0.4, 0.5) is 10.5 Å². The third-order valence-electron chi connectivity index (χ3n) is 3.97. The van der Waals surface area contributed by atoms with E-state index in [2.05, 4.69) is 5.32 Å². The first-order chi connectivity index (χ1) is 12.4. The predicted octanol–water partition coefficient (Wildman–Crippen LogP) is 2.70. The molecule has 0 bridgehead atoms. The highest BCUT2D eigenvalue weighted by Gasteiger charge is 2.33. The molecule has 3 amide bonds. The van der Waals surface area contributed by atoms with Gasteiger partial charge in [0.1, 0.15) is 5.70 Å². The van der Waals surface area contributed by atoms with Crippen LogP contribution in [0, 0.1) is 17.0 Å². The standard InChI is InChI=1S/C18H15N3O5/c1-11-5-7-12(8-6-11)10-20-17(23)14(19-18(20)24)9-13-3-2-4-15(16(13)22)21(25)26/h2-9,22H,10H2,1H3,(H,19,24)/b14-9+. The predicted molar refractivity (Wildman–Crippen MR) is 93.0 cm³/mol. The Bertz CT molecular complexity index is 934. The maximum absolute atomic E-state index is 12.5. The zero-order valence-corrected chi connectivity index (χ0v) is 13.8. The van der Waals surface area contributed by atoms with E-state index < -0.39 is 28.3 Å². The second kappa shape index (κ2) is 6.67. The second-order valence-electron chi connectivity index (χ2n) is 5.84. The van der Waals surface area contributed by atoms with Crippen LogP contribution in [0.3, 0.4) is 0 Å². The average molecular weight is 353 g/mol. The molecule has 2 N–H and O–H groups in total. The largest absolute Gasteiger partial charge is 0.502 e. The maximum atomic E-state index is 12.5. The number of nitrogens with zero attached hydrogens (tertiary/aromatic N) is 2. The number of nitro groups is 1. The minimum absolute atomic E-state index is 0.0575. The molecule has 0 spiro atoms. The number of carbonyl (C=O) groups is 2. The van der Waals surface area contributed by atoms with Crippen molar-refractivity contribution in [2.24, 2.45) is 0 Å². The fraction of sp³-hybridized carbons (Fsp3) is 0.111. The monoisotopic (exact) mass is 353 g/mol. The van der Waals surface area contributed by atoms with E-state index in [1.54, 1.807) is 0 Å². The number of phenols is 1. The summed E-state index contributed by atoms with van der Waals surface area (Å²) in [5, 5.41) is 23.3. The Morgan fingerprint density at radius 1 is 1.19 bits per heavy atom. The lowest BCUT2D eigenvalue weighted by atomic mass is 10.1. The van der Waals surface area contributed by atoms with Gasteiger partial charge in [0, 0.05) is 11.6 Å². The third kappa shape index (κ3) is 3.25. The molecule has 1 aliphatic heterocycles. The molecule has 1 saturated heterocycles. The lowest BCUT2D eigenvalue weighted by Crippen LogP contribution is -2.30. The number of aryl methyl sites for hydroxylation is 1. The first kappa shape index (κ1) is 17.2. The van der Waals surface area contributed by atoms with Crippen LogP contribution in [0.1, 0.15) is 16.7 Å². The number of aromatic hydroxyl groups is 1. The van der Waals surface area contributed by atoms with Crippen LogP contribution in [0.25, 0.3) is 6.08 Å². The molecule has 3 rings (SSSR count). The molecule has 8 nitrogen and oxygen atoms in total. The number of nitro benzene ring substituents is 1. The van der Waals surface area contributed by atoms with Gasteiger partial charge in [-0.15, -0.1) is 0 Å². The van der Waals surface area contributed by atoms with E-state index in [1.165, 1.54) is 18.2 Å². The van der Waals surface area contributed by atoms with Crippen molar-refractivity contribution < 1.29 is 19.6 Å². The first-order valence-electron chi connectivity index (χ1n) is 7.73. The highest BCUT2D eigenvalue weighted by molar-refractivity contribution is 6.14. The van der Waals surface area contributed by atoms with Crippen molar-refractivity contribution in [1.29, 1.82) is 0 Å². The third-order valence-corrected chi connectivity index (χ3v) is 3.97. The molecule has 8 heteroatoms. The summed E-state index contributed by atoms with van der Waals surface area (Å²) in [5.41, 5.74) is 1.39. The van der Waals surface area contributed by atoms with Crippen molar-refractivity contribution in [3.8, 4) is 5.75 Å². The van der Waals surface area contributed by atoms with Crippen molar-refractivity contribution in [1.82, 2.24) is 10.2 Å². The second-order valence-corrected chi connectivity index (χ2v) is 5.84. The van der Waals surface area contributed by atoms with Gasteiger partial charge in [-0.3, -0.25) is 19.8 Å². The summed E-state index contributed by atoms with van der Waals surface area (Å²) in [6.07, 6.45) is 1.22. The van der Waals surface area contributed by atoms with Crippen molar-refractivity contribution in [2.45, 2.75) is 13.5 Å². The van der Waals surface area contributed by atoms with Crippen LogP contribution < -0.4 is 5.32 Å². The number of imide groups is 1. The SMILES string of the molecule is Cc1ccc(CN2C(=O)N/C(=C/c3cccc([N+](=O)[O-])c3O)C2=O)cc1. The van der Waals surface area contributed by atoms with Gasteiger partial charge in [0.15, 0.2) is 0 Å². The zero-order valence-electron chi connectivity index (χ0n) is 13.8. The molecular formula is C18H15N3O5. The lowest BCUT2D eigenvalue weighted by molar-refractivity contribution is -0.385. The summed E-state index contributed by atoms with van der Waals surface area (Å²) in [4.78, 5) is 35.8. The number of para-hydroxylation sites is 1. The molecule has 26 heavy (non-hydrogen) atoms. The van der Waals surface area contributed by atoms with Gasteiger partial charge in [-0.1, -0.05) is 42.0 Å². The zero-order chi connectivity index (χ0) is 18.8. The summed E-state index contributed by atoms with van der Waals surface area (Å²) in [5.74, 6) is -1.13.